The molecule has 1 aliphatic carbocycles. The molecule has 0 N–H and O–H groups in total. The van der Waals surface area contributed by atoms with E-state index in [4.69, 9.17) is 11.6 Å². The number of hydrogen-bond acceptors (Lipinski definition) is 3. The molecular formula is C15H25ClN2S. The van der Waals surface area contributed by atoms with E-state index in [0.29, 0.717) is 5.88 Å². The molecule has 1 heterocycles. The third kappa shape index (κ3) is 5.41. The Morgan fingerprint density at radius 1 is 1.37 bits per heavy atom. The first kappa shape index (κ1) is 15.3. The van der Waals surface area contributed by atoms with E-state index in [0.717, 1.165) is 18.0 Å². The molecule has 0 spiro atoms. The van der Waals surface area contributed by atoms with Crippen LogP contribution in [0, 0.1) is 5.92 Å². The van der Waals surface area contributed by atoms with Crippen LogP contribution in [0.1, 0.15) is 49.2 Å². The minimum atomic E-state index is 0.540. The van der Waals surface area contributed by atoms with Crippen molar-refractivity contribution < 1.29 is 0 Å². The first-order chi connectivity index (χ1) is 9.28. The summed E-state index contributed by atoms with van der Waals surface area (Å²) in [6, 6.07) is 0. The van der Waals surface area contributed by atoms with Gasteiger partial charge in [-0.25, -0.2) is 4.98 Å². The SMILES string of the molecule is CN(CCCc1nc(CCl)cs1)CC1CCCCC1. The van der Waals surface area contributed by atoms with Crippen molar-refractivity contribution in [3.8, 4) is 0 Å². The Hall–Kier alpha value is -0.120. The van der Waals surface area contributed by atoms with Crippen LogP contribution in [0.3, 0.4) is 0 Å². The van der Waals surface area contributed by atoms with E-state index in [1.54, 1.807) is 11.3 Å². The zero-order valence-electron chi connectivity index (χ0n) is 11.9. The van der Waals surface area contributed by atoms with E-state index in [1.807, 2.05) is 0 Å². The molecule has 2 nitrogen and oxygen atoms in total. The van der Waals surface area contributed by atoms with Crippen molar-refractivity contribution in [2.45, 2.75) is 50.8 Å². The highest BCUT2D eigenvalue weighted by atomic mass is 35.5. The number of rotatable bonds is 7. The molecule has 2 rings (SSSR count). The van der Waals surface area contributed by atoms with E-state index in [2.05, 4.69) is 22.3 Å². The highest BCUT2D eigenvalue weighted by Gasteiger charge is 2.15. The van der Waals surface area contributed by atoms with Gasteiger partial charge < -0.3 is 4.90 Å². The van der Waals surface area contributed by atoms with Crippen LogP contribution in [0.2, 0.25) is 0 Å². The molecule has 0 bridgehead atoms. The zero-order chi connectivity index (χ0) is 13.5. The number of nitrogens with zero attached hydrogens (tertiary/aromatic N) is 2. The normalized spacial score (nSPS) is 17.2. The molecule has 19 heavy (non-hydrogen) atoms. The third-order valence-corrected chi connectivity index (χ3v) is 5.19. The quantitative estimate of drug-likeness (QED) is 0.697. The van der Waals surface area contributed by atoms with E-state index in [-0.39, 0.29) is 0 Å². The molecule has 0 radical (unpaired) electrons. The van der Waals surface area contributed by atoms with Gasteiger partial charge in [0.2, 0.25) is 0 Å². The molecule has 1 aromatic rings. The van der Waals surface area contributed by atoms with Crippen molar-refractivity contribution >= 4 is 22.9 Å². The standard InChI is InChI=1S/C15H25ClN2S/c1-18(11-13-6-3-2-4-7-13)9-5-8-15-17-14(10-16)12-19-15/h12-13H,2-11H2,1H3. The summed E-state index contributed by atoms with van der Waals surface area (Å²) in [5.74, 6) is 1.49. The summed E-state index contributed by atoms with van der Waals surface area (Å²) in [6.45, 7) is 2.47. The highest BCUT2D eigenvalue weighted by Crippen LogP contribution is 2.24. The molecule has 1 saturated carbocycles. The molecule has 1 aliphatic rings. The Balaban J connectivity index is 1.61. The van der Waals surface area contributed by atoms with Crippen LogP contribution in [0.4, 0.5) is 0 Å². The topological polar surface area (TPSA) is 16.1 Å². The Kier molecular flexibility index (Phi) is 6.62. The molecule has 1 fully saturated rings. The number of halogens is 1. The molecule has 0 saturated heterocycles. The molecular weight excluding hydrogens is 276 g/mol. The average Bonchev–Trinajstić information content (AvgIpc) is 2.88. The van der Waals surface area contributed by atoms with Crippen molar-refractivity contribution in [3.63, 3.8) is 0 Å². The summed E-state index contributed by atoms with van der Waals surface area (Å²) in [5, 5.41) is 3.32. The van der Waals surface area contributed by atoms with Gasteiger partial charge in [0.05, 0.1) is 16.6 Å². The van der Waals surface area contributed by atoms with E-state index >= 15 is 0 Å². The van der Waals surface area contributed by atoms with Crippen molar-refractivity contribution in [1.29, 1.82) is 0 Å². The van der Waals surface area contributed by atoms with Gasteiger partial charge >= 0.3 is 0 Å². The smallest absolute Gasteiger partial charge is 0.0929 e. The van der Waals surface area contributed by atoms with Gasteiger partial charge in [0.15, 0.2) is 0 Å². The number of aryl methyl sites for hydroxylation is 1. The predicted molar refractivity (Wildman–Crippen MR) is 84.1 cm³/mol. The summed E-state index contributed by atoms with van der Waals surface area (Å²) < 4.78 is 0. The first-order valence-corrected chi connectivity index (χ1v) is 8.87. The van der Waals surface area contributed by atoms with Gasteiger partial charge in [-0.05, 0) is 38.8 Å². The van der Waals surface area contributed by atoms with Crippen molar-refractivity contribution in [1.82, 2.24) is 9.88 Å². The fourth-order valence-corrected chi connectivity index (χ4v) is 4.00. The van der Waals surface area contributed by atoms with Crippen molar-refractivity contribution in [2.75, 3.05) is 20.1 Å². The van der Waals surface area contributed by atoms with Gasteiger partial charge in [-0.2, -0.15) is 0 Å². The molecule has 1 aromatic heterocycles. The van der Waals surface area contributed by atoms with E-state index in [9.17, 15) is 0 Å². The maximum absolute atomic E-state index is 5.77. The van der Waals surface area contributed by atoms with Crippen LogP contribution in [-0.4, -0.2) is 30.0 Å². The van der Waals surface area contributed by atoms with Gasteiger partial charge in [0, 0.05) is 18.3 Å². The van der Waals surface area contributed by atoms with Crippen LogP contribution in [-0.2, 0) is 12.3 Å². The maximum atomic E-state index is 5.77. The number of hydrogen-bond donors (Lipinski definition) is 0. The second-order valence-electron chi connectivity index (χ2n) is 5.74. The van der Waals surface area contributed by atoms with E-state index < -0.39 is 0 Å². The molecule has 0 amide bonds. The van der Waals surface area contributed by atoms with Gasteiger partial charge in [-0.1, -0.05) is 19.3 Å². The van der Waals surface area contributed by atoms with Crippen molar-refractivity contribution in [3.05, 3.63) is 16.1 Å². The maximum Gasteiger partial charge on any atom is 0.0929 e. The second-order valence-corrected chi connectivity index (χ2v) is 6.95. The molecule has 0 aromatic carbocycles. The van der Waals surface area contributed by atoms with Crippen molar-refractivity contribution in [2.24, 2.45) is 5.92 Å². The highest BCUT2D eigenvalue weighted by molar-refractivity contribution is 7.09. The van der Waals surface area contributed by atoms with Crippen LogP contribution in [0.5, 0.6) is 0 Å². The van der Waals surface area contributed by atoms with Crippen LogP contribution in [0.15, 0.2) is 5.38 Å². The lowest BCUT2D eigenvalue weighted by molar-refractivity contribution is 0.232. The fourth-order valence-electron chi connectivity index (χ4n) is 2.93. The number of aromatic nitrogens is 1. The van der Waals surface area contributed by atoms with Crippen LogP contribution >= 0.6 is 22.9 Å². The van der Waals surface area contributed by atoms with Gasteiger partial charge in [-0.3, -0.25) is 0 Å². The summed E-state index contributed by atoms with van der Waals surface area (Å²) in [6.07, 6.45) is 9.52. The number of thiazole rings is 1. The molecule has 0 atom stereocenters. The summed E-state index contributed by atoms with van der Waals surface area (Å²) >= 11 is 7.52. The minimum absolute atomic E-state index is 0.540. The Bertz CT molecular complexity index is 361. The Morgan fingerprint density at radius 2 is 2.16 bits per heavy atom. The first-order valence-electron chi connectivity index (χ1n) is 7.45. The minimum Gasteiger partial charge on any atom is -0.306 e. The van der Waals surface area contributed by atoms with E-state index in [1.165, 1.54) is 56.6 Å². The lowest BCUT2D eigenvalue weighted by Gasteiger charge is -2.26. The molecule has 4 heteroatoms. The lowest BCUT2D eigenvalue weighted by atomic mass is 9.89. The monoisotopic (exact) mass is 300 g/mol. The second kappa shape index (κ2) is 8.23. The van der Waals surface area contributed by atoms with Gasteiger partial charge in [0.1, 0.15) is 0 Å². The predicted octanol–water partition coefficient (Wildman–Crippen LogP) is 4.33. The summed E-state index contributed by atoms with van der Waals surface area (Å²) in [5.41, 5.74) is 1.03. The Morgan fingerprint density at radius 3 is 2.84 bits per heavy atom. The third-order valence-electron chi connectivity index (χ3n) is 3.96. The van der Waals surface area contributed by atoms with Crippen LogP contribution < -0.4 is 0 Å². The van der Waals surface area contributed by atoms with Crippen LogP contribution in [0.25, 0.3) is 0 Å². The summed E-state index contributed by atoms with van der Waals surface area (Å²) in [7, 11) is 2.26. The average molecular weight is 301 g/mol. The van der Waals surface area contributed by atoms with Gasteiger partial charge in [-0.15, -0.1) is 22.9 Å². The zero-order valence-corrected chi connectivity index (χ0v) is 13.5. The summed E-state index contributed by atoms with van der Waals surface area (Å²) in [4.78, 5) is 7.02. The van der Waals surface area contributed by atoms with Gasteiger partial charge in [0.25, 0.3) is 0 Å². The Labute approximate surface area is 126 Å². The largest absolute Gasteiger partial charge is 0.306 e. The fraction of sp³-hybridized carbons (Fsp3) is 0.800. The lowest BCUT2D eigenvalue weighted by Crippen LogP contribution is -2.28. The molecule has 0 aliphatic heterocycles. The molecule has 108 valence electrons. The number of alkyl halides is 1. The molecule has 0 unspecified atom stereocenters.